The van der Waals surface area contributed by atoms with Crippen LogP contribution in [0.25, 0.3) is 0 Å². The lowest BCUT2D eigenvalue weighted by atomic mass is 9.95. The zero-order valence-corrected chi connectivity index (χ0v) is 24.3. The smallest absolute Gasteiger partial charge is 0.268 e. The molecule has 0 saturated heterocycles. The number of nitriles is 1. The zero-order chi connectivity index (χ0) is 28.8. The quantitative estimate of drug-likeness (QED) is 0.156. The molecule has 1 aliphatic heterocycles. The van der Waals surface area contributed by atoms with Gasteiger partial charge in [-0.25, -0.2) is 0 Å². The van der Waals surface area contributed by atoms with E-state index in [9.17, 15) is 19.6 Å². The Morgan fingerprint density at radius 1 is 1.08 bits per heavy atom. The third-order valence-electron chi connectivity index (χ3n) is 7.56. The van der Waals surface area contributed by atoms with Crippen LogP contribution in [0.3, 0.4) is 0 Å². The summed E-state index contributed by atoms with van der Waals surface area (Å²) in [4.78, 5) is 44.5. The molecule has 0 bridgehead atoms. The summed E-state index contributed by atoms with van der Waals surface area (Å²) in [6.45, 7) is 11.8. The molecule has 0 saturated carbocycles. The van der Waals surface area contributed by atoms with Crippen LogP contribution in [0.15, 0.2) is 40.4 Å². The summed E-state index contributed by atoms with van der Waals surface area (Å²) in [6, 6.07) is 8.17. The van der Waals surface area contributed by atoms with Gasteiger partial charge in [-0.1, -0.05) is 78.4 Å². The van der Waals surface area contributed by atoms with Crippen LogP contribution in [0.1, 0.15) is 96.3 Å². The standard InChI is InChI=1S/C31H45N5O3/c1-6-10-14-23(8-3)19-36(20-24(9-4)15-11-7-2)31(39)25-16-12-13-17-27(25)33-21-34-28-22(5)26(18-32)29(37)35-30(28)38/h12-13,16-17,21,23-24,28H,6-11,14-15,19-20H2,1-5H3,(H,33,34)(H,35,37,38). The number of benzene rings is 1. The van der Waals surface area contributed by atoms with Crippen molar-refractivity contribution in [3.63, 3.8) is 0 Å². The second-order valence-corrected chi connectivity index (χ2v) is 10.4. The van der Waals surface area contributed by atoms with Crippen LogP contribution in [0.4, 0.5) is 5.69 Å². The average Bonchev–Trinajstić information content (AvgIpc) is 2.94. The molecule has 1 aromatic rings. The van der Waals surface area contributed by atoms with Crippen LogP contribution in [0.5, 0.6) is 0 Å². The minimum absolute atomic E-state index is 0.0137. The molecule has 8 nitrogen and oxygen atoms in total. The highest BCUT2D eigenvalue weighted by molar-refractivity contribution is 6.13. The highest BCUT2D eigenvalue weighted by Crippen LogP contribution is 2.24. The number of hydrogen-bond acceptors (Lipinski definition) is 5. The molecule has 212 valence electrons. The fourth-order valence-electron chi connectivity index (χ4n) is 4.92. The monoisotopic (exact) mass is 535 g/mol. The van der Waals surface area contributed by atoms with Gasteiger partial charge in [-0.15, -0.1) is 0 Å². The van der Waals surface area contributed by atoms with Crippen molar-refractivity contribution in [2.75, 3.05) is 18.4 Å². The van der Waals surface area contributed by atoms with Crippen molar-refractivity contribution in [2.24, 2.45) is 16.8 Å². The van der Waals surface area contributed by atoms with Gasteiger partial charge in [0.1, 0.15) is 11.6 Å². The Hall–Kier alpha value is -3.47. The highest BCUT2D eigenvalue weighted by Gasteiger charge is 2.32. The molecule has 3 unspecified atom stereocenters. The number of aliphatic imine (C=N–C) groups is 1. The summed E-state index contributed by atoms with van der Waals surface area (Å²) < 4.78 is 0. The average molecular weight is 536 g/mol. The minimum Gasteiger partial charge on any atom is -0.346 e. The molecule has 0 aliphatic carbocycles. The van der Waals surface area contributed by atoms with Crippen molar-refractivity contribution < 1.29 is 14.4 Å². The van der Waals surface area contributed by atoms with E-state index in [4.69, 9.17) is 0 Å². The molecular weight excluding hydrogens is 490 g/mol. The largest absolute Gasteiger partial charge is 0.346 e. The van der Waals surface area contributed by atoms with Gasteiger partial charge < -0.3 is 10.2 Å². The number of imide groups is 1. The molecule has 1 aromatic carbocycles. The Morgan fingerprint density at radius 2 is 1.67 bits per heavy atom. The van der Waals surface area contributed by atoms with Gasteiger partial charge in [0.15, 0.2) is 6.04 Å². The first-order valence-electron chi connectivity index (χ1n) is 14.4. The maximum absolute atomic E-state index is 14.0. The number of rotatable bonds is 16. The Kier molecular flexibility index (Phi) is 13.4. The van der Waals surface area contributed by atoms with E-state index in [1.54, 1.807) is 6.92 Å². The number of carbonyl (C=O) groups excluding carboxylic acids is 3. The van der Waals surface area contributed by atoms with E-state index < -0.39 is 17.9 Å². The summed E-state index contributed by atoms with van der Waals surface area (Å²) in [6.07, 6.45) is 10.2. The van der Waals surface area contributed by atoms with E-state index in [-0.39, 0.29) is 11.5 Å². The number of nitrogens with zero attached hydrogens (tertiary/aromatic N) is 3. The van der Waals surface area contributed by atoms with Gasteiger partial charge in [-0.2, -0.15) is 5.26 Å². The number of hydrogen-bond donors (Lipinski definition) is 2. The van der Waals surface area contributed by atoms with Gasteiger partial charge in [0.05, 0.1) is 17.6 Å². The summed E-state index contributed by atoms with van der Waals surface area (Å²) in [5.74, 6) is -0.392. The van der Waals surface area contributed by atoms with Crippen molar-refractivity contribution >= 4 is 29.7 Å². The van der Waals surface area contributed by atoms with E-state index >= 15 is 0 Å². The van der Waals surface area contributed by atoms with Gasteiger partial charge in [0.25, 0.3) is 17.7 Å². The van der Waals surface area contributed by atoms with Crippen LogP contribution in [0, 0.1) is 23.2 Å². The van der Waals surface area contributed by atoms with Crippen molar-refractivity contribution in [3.05, 3.63) is 41.0 Å². The van der Waals surface area contributed by atoms with Crippen molar-refractivity contribution in [1.82, 2.24) is 10.2 Å². The molecular formula is C31H45N5O3. The normalized spacial score (nSPS) is 17.1. The van der Waals surface area contributed by atoms with Gasteiger partial charge in [-0.3, -0.25) is 24.7 Å². The van der Waals surface area contributed by atoms with Crippen LogP contribution in [-0.4, -0.2) is 48.1 Å². The Bertz CT molecular complexity index is 1070. The molecule has 8 heteroatoms. The third kappa shape index (κ3) is 9.05. The predicted molar refractivity (Wildman–Crippen MR) is 156 cm³/mol. The van der Waals surface area contributed by atoms with E-state index in [0.29, 0.717) is 28.7 Å². The van der Waals surface area contributed by atoms with Gasteiger partial charge in [-0.05, 0) is 49.3 Å². The first kappa shape index (κ1) is 31.7. The van der Waals surface area contributed by atoms with Gasteiger partial charge >= 0.3 is 0 Å². The maximum atomic E-state index is 14.0. The molecule has 39 heavy (non-hydrogen) atoms. The molecule has 2 N–H and O–H groups in total. The number of nitrogens with one attached hydrogen (secondary N) is 2. The van der Waals surface area contributed by atoms with Gasteiger partial charge in [0, 0.05) is 13.1 Å². The minimum atomic E-state index is -0.989. The van der Waals surface area contributed by atoms with E-state index in [1.165, 1.54) is 6.34 Å². The number of para-hydroxylation sites is 1. The van der Waals surface area contributed by atoms with Crippen LogP contribution < -0.4 is 10.6 Å². The lowest BCUT2D eigenvalue weighted by Crippen LogP contribution is -2.44. The SMILES string of the molecule is CCCCC(CC)CN(CC(CC)CCCC)C(=O)c1ccccc1NC=NC1C(=O)NC(=O)C(C#N)=C1C. The van der Waals surface area contributed by atoms with E-state index in [0.717, 1.165) is 64.5 Å². The van der Waals surface area contributed by atoms with Crippen LogP contribution in [-0.2, 0) is 9.59 Å². The number of unbranched alkanes of at least 4 members (excludes halogenated alkanes) is 2. The second-order valence-electron chi connectivity index (χ2n) is 10.4. The highest BCUT2D eigenvalue weighted by atomic mass is 16.2. The Morgan fingerprint density at radius 3 is 2.21 bits per heavy atom. The maximum Gasteiger partial charge on any atom is 0.268 e. The third-order valence-corrected chi connectivity index (χ3v) is 7.56. The van der Waals surface area contributed by atoms with E-state index in [2.05, 4.69) is 43.3 Å². The van der Waals surface area contributed by atoms with Crippen molar-refractivity contribution in [3.8, 4) is 6.07 Å². The second kappa shape index (κ2) is 16.5. The molecule has 0 radical (unpaired) electrons. The Balaban J connectivity index is 2.30. The first-order valence-corrected chi connectivity index (χ1v) is 14.4. The first-order chi connectivity index (χ1) is 18.8. The number of amides is 3. The number of carbonyl (C=O) groups is 3. The fourth-order valence-corrected chi connectivity index (χ4v) is 4.92. The molecule has 2 rings (SSSR count). The molecule has 3 atom stereocenters. The molecule has 1 heterocycles. The molecule has 0 aromatic heterocycles. The lowest BCUT2D eigenvalue weighted by molar-refractivity contribution is -0.129. The van der Waals surface area contributed by atoms with E-state index in [1.807, 2.05) is 35.2 Å². The summed E-state index contributed by atoms with van der Waals surface area (Å²) in [5, 5.41) is 14.5. The Labute approximate surface area is 233 Å². The predicted octanol–water partition coefficient (Wildman–Crippen LogP) is 5.87. The van der Waals surface area contributed by atoms with Crippen LogP contribution >= 0.6 is 0 Å². The number of anilines is 1. The molecule has 1 aliphatic rings. The summed E-state index contributed by atoms with van der Waals surface area (Å²) in [7, 11) is 0. The summed E-state index contributed by atoms with van der Waals surface area (Å²) in [5.41, 5.74) is 1.34. The lowest BCUT2D eigenvalue weighted by Gasteiger charge is -2.31. The molecule has 0 spiro atoms. The molecule has 3 amide bonds. The summed E-state index contributed by atoms with van der Waals surface area (Å²) >= 11 is 0. The van der Waals surface area contributed by atoms with Crippen molar-refractivity contribution in [2.45, 2.75) is 92.0 Å². The van der Waals surface area contributed by atoms with Crippen molar-refractivity contribution in [1.29, 1.82) is 5.26 Å². The topological polar surface area (TPSA) is 115 Å². The fraction of sp³-hybridized carbons (Fsp3) is 0.581. The zero-order valence-electron chi connectivity index (χ0n) is 24.3. The molecule has 0 fully saturated rings. The van der Waals surface area contributed by atoms with Crippen LogP contribution in [0.2, 0.25) is 0 Å². The van der Waals surface area contributed by atoms with Gasteiger partial charge in [0.2, 0.25) is 0 Å².